The molecule has 3 rings (SSSR count). The molecule has 0 unspecified atom stereocenters. The molecule has 1 aliphatic rings. The molecule has 2 aromatic rings. The number of nitrogens with zero attached hydrogens (tertiary/aromatic N) is 1. The van der Waals surface area contributed by atoms with Crippen LogP contribution in [-0.4, -0.2) is 30.8 Å². The maximum Gasteiger partial charge on any atom is 0.199 e. The summed E-state index contributed by atoms with van der Waals surface area (Å²) in [6.07, 6.45) is 2.90. The van der Waals surface area contributed by atoms with E-state index in [-0.39, 0.29) is 28.4 Å². The number of fused-ring (bicyclic) bond motifs is 2. The minimum absolute atomic E-state index is 0.210. The molecule has 1 heterocycles. The highest BCUT2D eigenvalue weighted by molar-refractivity contribution is 6.29. The first kappa shape index (κ1) is 12.3. The van der Waals surface area contributed by atoms with Gasteiger partial charge in [-0.2, -0.15) is 0 Å². The molecule has 1 aromatic heterocycles. The first-order valence-corrected chi connectivity index (χ1v) is 5.97. The molecule has 0 N–H and O–H groups in total. The van der Waals surface area contributed by atoms with Gasteiger partial charge in [0.2, 0.25) is 0 Å². The molecule has 5 heteroatoms. The van der Waals surface area contributed by atoms with Crippen LogP contribution < -0.4 is 9.47 Å². The summed E-state index contributed by atoms with van der Waals surface area (Å²) in [5.41, 5.74) is 1.21. The van der Waals surface area contributed by atoms with E-state index in [2.05, 4.69) is 4.98 Å². The van der Waals surface area contributed by atoms with E-state index in [1.807, 2.05) is 0 Å². The Morgan fingerprint density at radius 2 is 1.70 bits per heavy atom. The molecule has 100 valence electrons. The zero-order valence-electron chi connectivity index (χ0n) is 11.0. The van der Waals surface area contributed by atoms with Gasteiger partial charge >= 0.3 is 0 Å². The number of aromatic nitrogens is 1. The van der Waals surface area contributed by atoms with Crippen molar-refractivity contribution in [3.63, 3.8) is 0 Å². The molecule has 0 radical (unpaired) electrons. The first-order valence-electron chi connectivity index (χ1n) is 5.97. The van der Waals surface area contributed by atoms with Crippen molar-refractivity contribution in [1.82, 2.24) is 4.98 Å². The molecular weight excluding hydrogens is 258 g/mol. The molecule has 0 bridgehead atoms. The van der Waals surface area contributed by atoms with Crippen LogP contribution in [0.25, 0.3) is 0 Å². The number of ketones is 2. The standard InChI is InChI=1S/C15H11NO4/c1-19-11-4-3-9-12(15(11)20-2)14(18)10-7-16-6-5-8(10)13(9)17/h3-7H,1-2H3. The van der Waals surface area contributed by atoms with Crippen LogP contribution in [0.5, 0.6) is 11.5 Å². The van der Waals surface area contributed by atoms with Crippen molar-refractivity contribution in [2.45, 2.75) is 0 Å². The lowest BCUT2D eigenvalue weighted by atomic mass is 9.84. The Bertz CT molecular complexity index is 737. The molecule has 1 aliphatic carbocycles. The van der Waals surface area contributed by atoms with Crippen molar-refractivity contribution in [2.75, 3.05) is 14.2 Å². The van der Waals surface area contributed by atoms with Crippen molar-refractivity contribution >= 4 is 11.6 Å². The number of hydrogen-bond donors (Lipinski definition) is 0. The summed E-state index contributed by atoms with van der Waals surface area (Å²) >= 11 is 0. The van der Waals surface area contributed by atoms with Gasteiger partial charge in [-0.25, -0.2) is 0 Å². The molecule has 0 amide bonds. The lowest BCUT2D eigenvalue weighted by molar-refractivity contribution is 0.0975. The van der Waals surface area contributed by atoms with Crippen LogP contribution in [-0.2, 0) is 0 Å². The molecular formula is C15H11NO4. The summed E-state index contributed by atoms with van der Waals surface area (Å²) in [6.45, 7) is 0. The summed E-state index contributed by atoms with van der Waals surface area (Å²) in [5, 5.41) is 0. The second-order valence-corrected chi connectivity index (χ2v) is 4.30. The predicted octanol–water partition coefficient (Wildman–Crippen LogP) is 1.87. The van der Waals surface area contributed by atoms with Gasteiger partial charge in [0.25, 0.3) is 0 Å². The molecule has 5 nitrogen and oxygen atoms in total. The van der Waals surface area contributed by atoms with E-state index in [0.717, 1.165) is 0 Å². The van der Waals surface area contributed by atoms with Gasteiger partial charge in [-0.1, -0.05) is 0 Å². The number of carbonyl (C=O) groups is 2. The second kappa shape index (κ2) is 4.45. The fourth-order valence-corrected chi connectivity index (χ4v) is 2.39. The van der Waals surface area contributed by atoms with Gasteiger partial charge < -0.3 is 9.47 Å². The summed E-state index contributed by atoms with van der Waals surface area (Å²) < 4.78 is 10.4. The predicted molar refractivity (Wildman–Crippen MR) is 70.6 cm³/mol. The van der Waals surface area contributed by atoms with E-state index >= 15 is 0 Å². The number of rotatable bonds is 2. The maximum absolute atomic E-state index is 12.6. The lowest BCUT2D eigenvalue weighted by Crippen LogP contribution is -2.22. The van der Waals surface area contributed by atoms with Crippen LogP contribution in [0.3, 0.4) is 0 Å². The topological polar surface area (TPSA) is 65.5 Å². The Labute approximate surface area is 115 Å². The molecule has 20 heavy (non-hydrogen) atoms. The highest BCUT2D eigenvalue weighted by Crippen LogP contribution is 2.38. The Balaban J connectivity index is 2.33. The molecule has 0 spiro atoms. The third-order valence-electron chi connectivity index (χ3n) is 3.33. The largest absolute Gasteiger partial charge is 0.493 e. The van der Waals surface area contributed by atoms with Gasteiger partial charge in [0.15, 0.2) is 23.1 Å². The quantitative estimate of drug-likeness (QED) is 0.710. The van der Waals surface area contributed by atoms with Crippen LogP contribution in [0.1, 0.15) is 31.8 Å². The maximum atomic E-state index is 12.6. The highest BCUT2D eigenvalue weighted by Gasteiger charge is 2.33. The Hall–Kier alpha value is -2.69. The van der Waals surface area contributed by atoms with Crippen LogP contribution in [0.15, 0.2) is 30.6 Å². The highest BCUT2D eigenvalue weighted by atomic mass is 16.5. The van der Waals surface area contributed by atoms with Crippen LogP contribution >= 0.6 is 0 Å². The van der Waals surface area contributed by atoms with Crippen LogP contribution in [0.4, 0.5) is 0 Å². The Morgan fingerprint density at radius 3 is 2.40 bits per heavy atom. The van der Waals surface area contributed by atoms with E-state index in [1.165, 1.54) is 26.6 Å². The van der Waals surface area contributed by atoms with E-state index in [4.69, 9.17) is 9.47 Å². The number of benzene rings is 1. The van der Waals surface area contributed by atoms with Crippen LogP contribution in [0, 0.1) is 0 Å². The average Bonchev–Trinajstić information content (AvgIpc) is 2.51. The number of ether oxygens (including phenoxy) is 2. The third-order valence-corrected chi connectivity index (χ3v) is 3.33. The van der Waals surface area contributed by atoms with E-state index in [0.29, 0.717) is 16.9 Å². The second-order valence-electron chi connectivity index (χ2n) is 4.30. The normalized spacial score (nSPS) is 12.7. The van der Waals surface area contributed by atoms with E-state index < -0.39 is 0 Å². The summed E-state index contributed by atoms with van der Waals surface area (Å²) in [5.74, 6) is 0.203. The Kier molecular flexibility index (Phi) is 2.75. The monoisotopic (exact) mass is 269 g/mol. The number of pyridine rings is 1. The van der Waals surface area contributed by atoms with Gasteiger partial charge in [0, 0.05) is 23.5 Å². The van der Waals surface area contributed by atoms with Crippen molar-refractivity contribution in [3.8, 4) is 11.5 Å². The van der Waals surface area contributed by atoms with Gasteiger partial charge in [-0.05, 0) is 18.2 Å². The minimum Gasteiger partial charge on any atom is -0.493 e. The number of hydrogen-bond acceptors (Lipinski definition) is 5. The fraction of sp³-hybridized carbons (Fsp3) is 0.133. The van der Waals surface area contributed by atoms with Crippen molar-refractivity contribution in [2.24, 2.45) is 0 Å². The van der Waals surface area contributed by atoms with Gasteiger partial charge in [0.05, 0.1) is 25.3 Å². The average molecular weight is 269 g/mol. The van der Waals surface area contributed by atoms with Crippen molar-refractivity contribution in [1.29, 1.82) is 0 Å². The molecule has 1 aromatic carbocycles. The van der Waals surface area contributed by atoms with E-state index in [1.54, 1.807) is 18.2 Å². The van der Waals surface area contributed by atoms with Crippen LogP contribution in [0.2, 0.25) is 0 Å². The van der Waals surface area contributed by atoms with Crippen molar-refractivity contribution < 1.29 is 19.1 Å². The van der Waals surface area contributed by atoms with Gasteiger partial charge in [-0.3, -0.25) is 14.6 Å². The molecule has 0 saturated heterocycles. The van der Waals surface area contributed by atoms with Gasteiger partial charge in [0.1, 0.15) is 0 Å². The lowest BCUT2D eigenvalue weighted by Gasteiger charge is -2.20. The number of methoxy groups -OCH3 is 2. The summed E-state index contributed by atoms with van der Waals surface area (Å²) in [6, 6.07) is 4.75. The zero-order valence-corrected chi connectivity index (χ0v) is 11.0. The summed E-state index contributed by atoms with van der Waals surface area (Å²) in [4.78, 5) is 28.9. The van der Waals surface area contributed by atoms with Gasteiger partial charge in [-0.15, -0.1) is 0 Å². The third kappa shape index (κ3) is 1.53. The first-order chi connectivity index (χ1) is 9.69. The van der Waals surface area contributed by atoms with Crippen molar-refractivity contribution in [3.05, 3.63) is 52.8 Å². The van der Waals surface area contributed by atoms with E-state index in [9.17, 15) is 9.59 Å². The summed E-state index contributed by atoms with van der Waals surface area (Å²) in [7, 11) is 2.92. The Morgan fingerprint density at radius 1 is 0.900 bits per heavy atom. The minimum atomic E-state index is -0.279. The SMILES string of the molecule is COc1ccc2c(c1OC)C(=O)c1cnccc1C2=O. The molecule has 0 aliphatic heterocycles. The smallest absolute Gasteiger partial charge is 0.199 e. The number of carbonyl (C=O) groups excluding carboxylic acids is 2. The molecule has 0 atom stereocenters. The zero-order chi connectivity index (χ0) is 14.3. The molecule has 0 saturated carbocycles. The molecule has 0 fully saturated rings. The fourth-order valence-electron chi connectivity index (χ4n) is 2.39.